The Hall–Kier alpha value is -2.32. The minimum Gasteiger partial charge on any atom is -0.464 e. The first kappa shape index (κ1) is 17.0. The van der Waals surface area contributed by atoms with Gasteiger partial charge in [0.1, 0.15) is 11.7 Å². The molecule has 1 fully saturated rings. The molecule has 1 heterocycles. The van der Waals surface area contributed by atoms with E-state index in [1.165, 1.54) is 4.90 Å². The van der Waals surface area contributed by atoms with Crippen LogP contribution < -0.4 is 4.90 Å². The molecule has 0 unspecified atom stereocenters. The van der Waals surface area contributed by atoms with E-state index in [4.69, 9.17) is 4.74 Å². The van der Waals surface area contributed by atoms with Crippen molar-refractivity contribution in [3.8, 4) is 0 Å². The van der Waals surface area contributed by atoms with E-state index < -0.39 is 34.4 Å². The molecule has 0 aliphatic carbocycles. The summed E-state index contributed by atoms with van der Waals surface area (Å²) in [5, 5.41) is 11.2. The van der Waals surface area contributed by atoms with Crippen LogP contribution in [0.2, 0.25) is 0 Å². The molecule has 0 saturated carbocycles. The molecule has 0 spiro atoms. The van der Waals surface area contributed by atoms with Gasteiger partial charge in [-0.2, -0.15) is 13.2 Å². The largest absolute Gasteiger partial charge is 0.464 e. The van der Waals surface area contributed by atoms with Crippen LogP contribution in [-0.2, 0) is 15.7 Å². The summed E-state index contributed by atoms with van der Waals surface area (Å²) in [5.74, 6) is -0.529. The second-order valence-corrected chi connectivity index (χ2v) is 5.06. The van der Waals surface area contributed by atoms with E-state index in [-0.39, 0.29) is 12.3 Å². The molecular weight excluding hydrogens is 317 g/mol. The molecule has 9 heteroatoms. The number of carbonyl (C=O) groups excluding carboxylic acids is 1. The molecule has 1 aromatic rings. The van der Waals surface area contributed by atoms with Crippen LogP contribution >= 0.6 is 0 Å². The Balaban J connectivity index is 2.42. The molecule has 126 valence electrons. The summed E-state index contributed by atoms with van der Waals surface area (Å²) in [6.45, 7) is 2.14. The lowest BCUT2D eigenvalue weighted by Gasteiger charge is -2.25. The van der Waals surface area contributed by atoms with Gasteiger partial charge in [-0.25, -0.2) is 4.79 Å². The summed E-state index contributed by atoms with van der Waals surface area (Å²) in [6, 6.07) is 1.60. The Kier molecular flexibility index (Phi) is 4.76. The summed E-state index contributed by atoms with van der Waals surface area (Å²) < 4.78 is 43.1. The molecule has 2 rings (SSSR count). The minimum absolute atomic E-state index is 0.00134. The van der Waals surface area contributed by atoms with Crippen molar-refractivity contribution >= 4 is 17.3 Å². The number of benzene rings is 1. The Morgan fingerprint density at radius 3 is 2.74 bits per heavy atom. The highest BCUT2D eigenvalue weighted by atomic mass is 19.4. The van der Waals surface area contributed by atoms with Crippen molar-refractivity contribution in [3.63, 3.8) is 0 Å². The number of alkyl halides is 3. The average molecular weight is 332 g/mol. The van der Waals surface area contributed by atoms with Crippen molar-refractivity contribution in [1.82, 2.24) is 0 Å². The second kappa shape index (κ2) is 6.43. The second-order valence-electron chi connectivity index (χ2n) is 5.06. The first-order valence-electron chi connectivity index (χ1n) is 7.04. The number of rotatable bonds is 4. The van der Waals surface area contributed by atoms with Crippen LogP contribution in [-0.4, -0.2) is 30.1 Å². The molecule has 1 aliphatic rings. The molecule has 0 radical (unpaired) electrons. The maximum absolute atomic E-state index is 12.7. The van der Waals surface area contributed by atoms with E-state index in [2.05, 4.69) is 0 Å². The molecule has 1 saturated heterocycles. The van der Waals surface area contributed by atoms with Crippen LogP contribution in [0, 0.1) is 10.1 Å². The zero-order valence-electron chi connectivity index (χ0n) is 12.3. The van der Waals surface area contributed by atoms with Crippen LogP contribution in [0.4, 0.5) is 24.5 Å². The third kappa shape index (κ3) is 3.54. The van der Waals surface area contributed by atoms with Crippen LogP contribution in [0.5, 0.6) is 0 Å². The number of hydrogen-bond donors (Lipinski definition) is 0. The zero-order valence-corrected chi connectivity index (χ0v) is 12.3. The average Bonchev–Trinajstić information content (AvgIpc) is 2.95. The maximum atomic E-state index is 12.7. The van der Waals surface area contributed by atoms with Gasteiger partial charge in [0.2, 0.25) is 0 Å². The van der Waals surface area contributed by atoms with Gasteiger partial charge in [0.25, 0.3) is 5.69 Å². The van der Waals surface area contributed by atoms with E-state index in [0.29, 0.717) is 25.5 Å². The van der Waals surface area contributed by atoms with Crippen LogP contribution in [0.1, 0.15) is 25.3 Å². The summed E-state index contributed by atoms with van der Waals surface area (Å²) in [7, 11) is 0. The van der Waals surface area contributed by atoms with E-state index in [1.54, 1.807) is 6.92 Å². The van der Waals surface area contributed by atoms with E-state index >= 15 is 0 Å². The lowest BCUT2D eigenvalue weighted by molar-refractivity contribution is -0.384. The molecule has 0 bridgehead atoms. The number of hydrogen-bond acceptors (Lipinski definition) is 5. The van der Waals surface area contributed by atoms with Crippen molar-refractivity contribution < 1.29 is 27.6 Å². The van der Waals surface area contributed by atoms with Gasteiger partial charge < -0.3 is 9.64 Å². The lowest BCUT2D eigenvalue weighted by Crippen LogP contribution is -2.37. The van der Waals surface area contributed by atoms with Gasteiger partial charge in [-0.1, -0.05) is 0 Å². The predicted octanol–water partition coefficient (Wildman–Crippen LogP) is 3.15. The fraction of sp³-hybridized carbons (Fsp3) is 0.500. The Bertz CT molecular complexity index is 619. The van der Waals surface area contributed by atoms with Crippen LogP contribution in [0.25, 0.3) is 0 Å². The number of nitro groups is 1. The Morgan fingerprint density at radius 1 is 1.48 bits per heavy atom. The van der Waals surface area contributed by atoms with Gasteiger partial charge in [0.05, 0.1) is 17.1 Å². The highest BCUT2D eigenvalue weighted by molar-refractivity contribution is 5.82. The van der Waals surface area contributed by atoms with Gasteiger partial charge in [-0.3, -0.25) is 10.1 Å². The van der Waals surface area contributed by atoms with Gasteiger partial charge >= 0.3 is 12.1 Å². The molecule has 1 aliphatic heterocycles. The number of esters is 1. The quantitative estimate of drug-likeness (QED) is 0.481. The van der Waals surface area contributed by atoms with Gasteiger partial charge in [-0.05, 0) is 31.9 Å². The number of halogens is 3. The molecule has 6 nitrogen and oxygen atoms in total. The fourth-order valence-electron chi connectivity index (χ4n) is 2.63. The van der Waals surface area contributed by atoms with Crippen LogP contribution in [0.3, 0.4) is 0 Å². The molecule has 1 aromatic carbocycles. The van der Waals surface area contributed by atoms with E-state index in [1.807, 2.05) is 0 Å². The lowest BCUT2D eigenvalue weighted by atomic mass is 10.1. The minimum atomic E-state index is -4.67. The maximum Gasteiger partial charge on any atom is 0.416 e. The highest BCUT2D eigenvalue weighted by Gasteiger charge is 2.38. The zero-order chi connectivity index (χ0) is 17.2. The molecule has 0 N–H and O–H groups in total. The smallest absolute Gasteiger partial charge is 0.416 e. The van der Waals surface area contributed by atoms with Gasteiger partial charge in [0.15, 0.2) is 0 Å². The Labute approximate surface area is 130 Å². The van der Waals surface area contributed by atoms with Gasteiger partial charge in [0, 0.05) is 12.6 Å². The highest BCUT2D eigenvalue weighted by Crippen LogP contribution is 2.38. The molecule has 23 heavy (non-hydrogen) atoms. The number of carbonyl (C=O) groups is 1. The first-order valence-corrected chi connectivity index (χ1v) is 7.04. The van der Waals surface area contributed by atoms with Crippen molar-refractivity contribution in [2.75, 3.05) is 18.1 Å². The van der Waals surface area contributed by atoms with Crippen LogP contribution in [0.15, 0.2) is 18.2 Å². The Morgan fingerprint density at radius 2 is 2.17 bits per heavy atom. The summed E-state index contributed by atoms with van der Waals surface area (Å²) in [5.41, 5.74) is -1.77. The van der Waals surface area contributed by atoms with Crippen molar-refractivity contribution in [3.05, 3.63) is 33.9 Å². The standard InChI is InChI=1S/C14H15F3N2O4/c1-2-23-13(20)11-4-3-7-18(11)10-6-5-9(14(15,16)17)8-12(10)19(21)22/h5-6,8,11H,2-4,7H2,1H3/t11-/m1/s1. The number of anilines is 1. The molecular formula is C14H15F3N2O4. The van der Waals surface area contributed by atoms with Crippen molar-refractivity contribution in [1.29, 1.82) is 0 Å². The van der Waals surface area contributed by atoms with E-state index in [9.17, 15) is 28.1 Å². The van der Waals surface area contributed by atoms with E-state index in [0.717, 1.165) is 12.1 Å². The van der Waals surface area contributed by atoms with Gasteiger partial charge in [-0.15, -0.1) is 0 Å². The molecule has 0 amide bonds. The van der Waals surface area contributed by atoms with Crippen molar-refractivity contribution in [2.24, 2.45) is 0 Å². The fourth-order valence-corrected chi connectivity index (χ4v) is 2.63. The first-order chi connectivity index (χ1) is 10.8. The monoisotopic (exact) mass is 332 g/mol. The normalized spacial score (nSPS) is 18.1. The topological polar surface area (TPSA) is 72.7 Å². The number of ether oxygens (including phenoxy) is 1. The molecule has 1 atom stereocenters. The molecule has 0 aromatic heterocycles. The third-order valence-electron chi connectivity index (χ3n) is 3.62. The summed E-state index contributed by atoms with van der Waals surface area (Å²) >= 11 is 0. The number of nitrogens with zero attached hydrogens (tertiary/aromatic N) is 2. The van der Waals surface area contributed by atoms with Crippen molar-refractivity contribution in [2.45, 2.75) is 32.0 Å². The SMILES string of the molecule is CCOC(=O)[C@H]1CCCN1c1ccc(C(F)(F)F)cc1[N+](=O)[O-]. The summed E-state index contributed by atoms with van der Waals surface area (Å²) in [6.07, 6.45) is -3.63. The summed E-state index contributed by atoms with van der Waals surface area (Å²) in [4.78, 5) is 23.6. The third-order valence-corrected chi connectivity index (χ3v) is 3.62. The number of nitro benzene ring substituents is 1. The predicted molar refractivity (Wildman–Crippen MR) is 75.1 cm³/mol.